The number of para-hydroxylation sites is 1. The molecule has 5 nitrogen and oxygen atoms in total. The van der Waals surface area contributed by atoms with E-state index in [1.165, 1.54) is 5.70 Å². The molecule has 5 heteroatoms. The average Bonchev–Trinajstić information content (AvgIpc) is 2.63. The monoisotopic (exact) mass is 322 g/mol. The zero-order chi connectivity index (χ0) is 16.7. The molecule has 3 heterocycles. The Balaban J connectivity index is 1.86. The maximum Gasteiger partial charge on any atom is 0.298 e. The maximum absolute atomic E-state index is 13.1. The molecule has 3 aliphatic heterocycles. The molecule has 4 rings (SSSR count). The highest BCUT2D eigenvalue weighted by Crippen LogP contribution is 2.37. The summed E-state index contributed by atoms with van der Waals surface area (Å²) in [6.45, 7) is 5.85. The van der Waals surface area contributed by atoms with Gasteiger partial charge in [0.05, 0.1) is 5.70 Å². The van der Waals surface area contributed by atoms with Crippen LogP contribution in [-0.4, -0.2) is 35.3 Å². The molecule has 1 unspecified atom stereocenters. The fourth-order valence-electron chi connectivity index (χ4n) is 3.56. The summed E-state index contributed by atoms with van der Waals surface area (Å²) in [6, 6.07) is 9.85. The van der Waals surface area contributed by atoms with E-state index in [1.54, 1.807) is 6.20 Å². The molecule has 0 fully saturated rings. The number of carbonyl (C=O) groups excluding carboxylic acids is 1. The van der Waals surface area contributed by atoms with Crippen LogP contribution in [0.4, 0.5) is 5.69 Å². The van der Waals surface area contributed by atoms with E-state index in [-0.39, 0.29) is 11.4 Å². The van der Waals surface area contributed by atoms with Gasteiger partial charge in [-0.3, -0.25) is 9.69 Å². The van der Waals surface area contributed by atoms with E-state index >= 15 is 0 Å². The molecule has 0 aliphatic carbocycles. The maximum atomic E-state index is 13.1. The van der Waals surface area contributed by atoms with Crippen LogP contribution >= 0.6 is 0 Å². The van der Waals surface area contributed by atoms with Crippen molar-refractivity contribution in [2.45, 2.75) is 32.2 Å². The number of rotatable bonds is 2. The number of anilines is 1. The first-order valence-corrected chi connectivity index (χ1v) is 8.50. The number of hydrogen-bond donors (Lipinski definition) is 1. The van der Waals surface area contributed by atoms with Crippen LogP contribution in [0.2, 0.25) is 0 Å². The van der Waals surface area contributed by atoms with E-state index in [0.717, 1.165) is 24.2 Å². The number of aliphatic imine (C=N–C) groups is 1. The normalized spacial score (nSPS) is 26.2. The summed E-state index contributed by atoms with van der Waals surface area (Å²) >= 11 is 0. The van der Waals surface area contributed by atoms with E-state index in [4.69, 9.17) is 0 Å². The molecule has 1 aromatic carbocycles. The Hall–Kier alpha value is -2.40. The SMILES string of the molecule is CCC1(C)CC2=C(CN1)N(c1ccccc1)C(=O)C1=NC=CCN12. The van der Waals surface area contributed by atoms with E-state index in [2.05, 4.69) is 29.1 Å². The molecular weight excluding hydrogens is 300 g/mol. The predicted octanol–water partition coefficient (Wildman–Crippen LogP) is 2.63. The second kappa shape index (κ2) is 5.60. The smallest absolute Gasteiger partial charge is 0.298 e. The largest absolute Gasteiger partial charge is 0.320 e. The van der Waals surface area contributed by atoms with Crippen molar-refractivity contribution in [1.29, 1.82) is 0 Å². The van der Waals surface area contributed by atoms with Gasteiger partial charge in [0, 0.05) is 42.6 Å². The zero-order valence-corrected chi connectivity index (χ0v) is 14.1. The highest BCUT2D eigenvalue weighted by atomic mass is 16.2. The summed E-state index contributed by atoms with van der Waals surface area (Å²) in [5.41, 5.74) is 3.21. The minimum atomic E-state index is -0.0498. The molecule has 1 N–H and O–H groups in total. The second-order valence-electron chi connectivity index (χ2n) is 6.76. The van der Waals surface area contributed by atoms with Gasteiger partial charge in [-0.1, -0.05) is 25.1 Å². The van der Waals surface area contributed by atoms with Crippen molar-refractivity contribution in [1.82, 2.24) is 10.2 Å². The van der Waals surface area contributed by atoms with E-state index in [1.807, 2.05) is 41.3 Å². The Bertz CT molecular complexity index is 765. The first kappa shape index (κ1) is 15.1. The average molecular weight is 322 g/mol. The van der Waals surface area contributed by atoms with Crippen molar-refractivity contribution in [3.05, 3.63) is 54.0 Å². The second-order valence-corrected chi connectivity index (χ2v) is 6.76. The van der Waals surface area contributed by atoms with Gasteiger partial charge in [0.2, 0.25) is 0 Å². The zero-order valence-electron chi connectivity index (χ0n) is 14.1. The van der Waals surface area contributed by atoms with Gasteiger partial charge in [0.25, 0.3) is 5.91 Å². The quantitative estimate of drug-likeness (QED) is 0.910. The van der Waals surface area contributed by atoms with Gasteiger partial charge in [-0.2, -0.15) is 0 Å². The minimum Gasteiger partial charge on any atom is -0.320 e. The highest BCUT2D eigenvalue weighted by molar-refractivity contribution is 6.45. The third kappa shape index (κ3) is 2.27. The number of hydrogen-bond acceptors (Lipinski definition) is 4. The van der Waals surface area contributed by atoms with Crippen molar-refractivity contribution in [3.63, 3.8) is 0 Å². The molecule has 0 saturated carbocycles. The van der Waals surface area contributed by atoms with Crippen molar-refractivity contribution in [3.8, 4) is 0 Å². The number of fused-ring (bicyclic) bond motifs is 2. The Kier molecular flexibility index (Phi) is 3.53. The van der Waals surface area contributed by atoms with Crippen molar-refractivity contribution in [2.24, 2.45) is 4.99 Å². The fourth-order valence-corrected chi connectivity index (χ4v) is 3.56. The van der Waals surface area contributed by atoms with Gasteiger partial charge in [0.1, 0.15) is 0 Å². The summed E-state index contributed by atoms with van der Waals surface area (Å²) in [4.78, 5) is 21.4. The van der Waals surface area contributed by atoms with Gasteiger partial charge in [-0.05, 0) is 31.6 Å². The molecule has 1 amide bonds. The number of carbonyl (C=O) groups is 1. The number of benzene rings is 1. The summed E-state index contributed by atoms with van der Waals surface area (Å²) < 4.78 is 0. The Labute approximate surface area is 142 Å². The van der Waals surface area contributed by atoms with Gasteiger partial charge < -0.3 is 10.2 Å². The van der Waals surface area contributed by atoms with Gasteiger partial charge in [-0.25, -0.2) is 4.99 Å². The number of nitrogens with one attached hydrogen (secondary N) is 1. The third-order valence-electron chi connectivity index (χ3n) is 5.20. The Morgan fingerprint density at radius 2 is 2.04 bits per heavy atom. The first-order chi connectivity index (χ1) is 11.6. The molecule has 0 saturated heterocycles. The third-order valence-corrected chi connectivity index (χ3v) is 5.20. The standard InChI is InChI=1S/C19H22N4O/c1-3-19(2)12-15-16(13-21-19)23(14-8-5-4-6-9-14)18(24)17-20-10-7-11-22(15)17/h4-10,21H,3,11-13H2,1-2H3. The Morgan fingerprint density at radius 3 is 2.79 bits per heavy atom. The van der Waals surface area contributed by atoms with E-state index in [0.29, 0.717) is 18.9 Å². The van der Waals surface area contributed by atoms with Crippen LogP contribution in [0.3, 0.4) is 0 Å². The predicted molar refractivity (Wildman–Crippen MR) is 95.6 cm³/mol. The highest BCUT2D eigenvalue weighted by Gasteiger charge is 2.43. The lowest BCUT2D eigenvalue weighted by Gasteiger charge is -2.47. The summed E-state index contributed by atoms with van der Waals surface area (Å²) in [5.74, 6) is 0.478. The van der Waals surface area contributed by atoms with Gasteiger partial charge >= 0.3 is 0 Å². The molecule has 0 aromatic heterocycles. The van der Waals surface area contributed by atoms with Crippen LogP contribution in [0.15, 0.2) is 59.0 Å². The number of amides is 1. The molecule has 0 bridgehead atoms. The van der Waals surface area contributed by atoms with Crippen molar-refractivity contribution >= 4 is 17.4 Å². The molecule has 0 radical (unpaired) electrons. The van der Waals surface area contributed by atoms with Gasteiger partial charge in [0.15, 0.2) is 5.84 Å². The van der Waals surface area contributed by atoms with Crippen LogP contribution in [0.5, 0.6) is 0 Å². The van der Waals surface area contributed by atoms with Crippen molar-refractivity contribution in [2.75, 3.05) is 18.0 Å². The topological polar surface area (TPSA) is 47.9 Å². The lowest BCUT2D eigenvalue weighted by atomic mass is 9.87. The van der Waals surface area contributed by atoms with E-state index in [9.17, 15) is 4.79 Å². The van der Waals surface area contributed by atoms with Crippen molar-refractivity contribution < 1.29 is 4.79 Å². The van der Waals surface area contributed by atoms with E-state index < -0.39 is 0 Å². The fraction of sp³-hybridized carbons (Fsp3) is 0.368. The molecule has 3 aliphatic rings. The summed E-state index contributed by atoms with van der Waals surface area (Å²) in [5, 5.41) is 3.62. The molecule has 0 spiro atoms. The van der Waals surface area contributed by atoms with Gasteiger partial charge in [-0.15, -0.1) is 0 Å². The lowest BCUT2D eigenvalue weighted by molar-refractivity contribution is -0.113. The van der Waals surface area contributed by atoms with Crippen LogP contribution < -0.4 is 10.2 Å². The number of amidine groups is 1. The summed E-state index contributed by atoms with van der Waals surface area (Å²) in [7, 11) is 0. The molecule has 124 valence electrons. The molecule has 24 heavy (non-hydrogen) atoms. The minimum absolute atomic E-state index is 0.0495. The van der Waals surface area contributed by atoms with Crippen LogP contribution in [-0.2, 0) is 4.79 Å². The Morgan fingerprint density at radius 1 is 1.25 bits per heavy atom. The molecule has 1 atom stereocenters. The van der Waals surface area contributed by atoms with Crippen LogP contribution in [0.1, 0.15) is 26.7 Å². The molecule has 1 aromatic rings. The molecular formula is C19H22N4O. The van der Waals surface area contributed by atoms with Crippen LogP contribution in [0, 0.1) is 0 Å². The summed E-state index contributed by atoms with van der Waals surface area (Å²) in [6.07, 6.45) is 5.67. The number of nitrogens with zero attached hydrogens (tertiary/aromatic N) is 3. The first-order valence-electron chi connectivity index (χ1n) is 8.50. The van der Waals surface area contributed by atoms with Crippen LogP contribution in [0.25, 0.3) is 0 Å². The lowest BCUT2D eigenvalue weighted by Crippen LogP contribution is -2.59.